The third-order valence-electron chi connectivity index (χ3n) is 3.08. The molecule has 0 aliphatic carbocycles. The van der Waals surface area contributed by atoms with Crippen LogP contribution in [0.1, 0.15) is 15.9 Å². The molecule has 1 aromatic carbocycles. The first-order chi connectivity index (χ1) is 11.3. The molecule has 0 saturated heterocycles. The zero-order chi connectivity index (χ0) is 17.7. The lowest BCUT2D eigenvalue weighted by Gasteiger charge is -2.11. The molecule has 0 atom stereocenters. The number of pyridine rings is 1. The molecule has 24 heavy (non-hydrogen) atoms. The van der Waals surface area contributed by atoms with Crippen molar-refractivity contribution in [2.45, 2.75) is 6.18 Å². The number of para-hydroxylation sites is 1. The molecule has 4 N–H and O–H groups in total. The van der Waals surface area contributed by atoms with E-state index in [4.69, 9.17) is 17.3 Å². The fourth-order valence-electron chi connectivity index (χ4n) is 1.88. The van der Waals surface area contributed by atoms with Crippen LogP contribution in [-0.2, 0) is 6.18 Å². The van der Waals surface area contributed by atoms with Gasteiger partial charge in [0.1, 0.15) is 5.82 Å². The molecule has 0 aliphatic rings. The summed E-state index contributed by atoms with van der Waals surface area (Å²) in [6.45, 7) is 0.447. The van der Waals surface area contributed by atoms with Crippen LogP contribution < -0.4 is 16.4 Å². The number of carbonyl (C=O) groups is 1. The number of carbonyl (C=O) groups excluding carboxylic acids is 1. The Morgan fingerprint density at radius 3 is 2.58 bits per heavy atom. The number of hydrogen-bond acceptors (Lipinski definition) is 4. The van der Waals surface area contributed by atoms with Crippen molar-refractivity contribution in [3.63, 3.8) is 0 Å². The van der Waals surface area contributed by atoms with Crippen LogP contribution in [0.4, 0.5) is 24.7 Å². The number of alkyl halides is 3. The zero-order valence-electron chi connectivity index (χ0n) is 12.3. The summed E-state index contributed by atoms with van der Waals surface area (Å²) in [4.78, 5) is 15.6. The molecule has 1 heterocycles. The highest BCUT2D eigenvalue weighted by molar-refractivity contribution is 6.32. The van der Waals surface area contributed by atoms with Gasteiger partial charge in [-0.1, -0.05) is 23.7 Å². The van der Waals surface area contributed by atoms with Crippen molar-refractivity contribution in [1.82, 2.24) is 10.3 Å². The minimum Gasteiger partial charge on any atom is -0.398 e. The van der Waals surface area contributed by atoms with E-state index in [0.29, 0.717) is 17.4 Å². The van der Waals surface area contributed by atoms with Crippen molar-refractivity contribution in [3.8, 4) is 0 Å². The van der Waals surface area contributed by atoms with Gasteiger partial charge in [-0.3, -0.25) is 4.79 Å². The number of aromatic nitrogens is 1. The first-order valence-electron chi connectivity index (χ1n) is 6.88. The maximum atomic E-state index is 12.5. The number of benzene rings is 1. The molecule has 5 nitrogen and oxygen atoms in total. The Labute approximate surface area is 141 Å². The molecule has 0 saturated carbocycles. The van der Waals surface area contributed by atoms with E-state index >= 15 is 0 Å². The molecule has 0 fully saturated rings. The first kappa shape index (κ1) is 17.9. The van der Waals surface area contributed by atoms with Crippen LogP contribution in [0.15, 0.2) is 36.5 Å². The van der Waals surface area contributed by atoms with Crippen LogP contribution in [-0.4, -0.2) is 24.0 Å². The third kappa shape index (κ3) is 4.51. The van der Waals surface area contributed by atoms with E-state index in [2.05, 4.69) is 15.6 Å². The van der Waals surface area contributed by atoms with Crippen LogP contribution in [0, 0.1) is 0 Å². The number of nitrogens with one attached hydrogen (secondary N) is 2. The predicted octanol–water partition coefficient (Wildman–Crippen LogP) is 3.18. The SMILES string of the molecule is Nc1ccccc1C(=O)NCCNc1ncc(C(F)(F)F)cc1Cl. The predicted molar refractivity (Wildman–Crippen MR) is 85.9 cm³/mol. The first-order valence-corrected chi connectivity index (χ1v) is 7.26. The van der Waals surface area contributed by atoms with E-state index in [0.717, 1.165) is 6.07 Å². The molecule has 0 bridgehead atoms. The Bertz CT molecular complexity index is 737. The summed E-state index contributed by atoms with van der Waals surface area (Å²) >= 11 is 5.76. The molecular formula is C15H14ClF3N4O. The van der Waals surface area contributed by atoms with Gasteiger partial charge in [-0.05, 0) is 18.2 Å². The number of nitrogens with two attached hydrogens (primary N) is 1. The molecular weight excluding hydrogens is 345 g/mol. The lowest BCUT2D eigenvalue weighted by atomic mass is 10.1. The second kappa shape index (κ2) is 7.39. The van der Waals surface area contributed by atoms with E-state index in [-0.39, 0.29) is 29.8 Å². The number of halogens is 4. The molecule has 0 unspecified atom stereocenters. The molecule has 9 heteroatoms. The Balaban J connectivity index is 1.87. The summed E-state index contributed by atoms with van der Waals surface area (Å²) in [5, 5.41) is 5.24. The summed E-state index contributed by atoms with van der Waals surface area (Å²) in [5.74, 6) is -0.237. The third-order valence-corrected chi connectivity index (χ3v) is 3.37. The number of nitrogens with zero attached hydrogens (tertiary/aromatic N) is 1. The lowest BCUT2D eigenvalue weighted by Crippen LogP contribution is -2.29. The van der Waals surface area contributed by atoms with Crippen LogP contribution in [0.2, 0.25) is 5.02 Å². The summed E-state index contributed by atoms with van der Waals surface area (Å²) in [6, 6.07) is 7.40. The monoisotopic (exact) mass is 358 g/mol. The molecule has 0 aliphatic heterocycles. The van der Waals surface area contributed by atoms with Crippen molar-refractivity contribution >= 4 is 29.0 Å². The van der Waals surface area contributed by atoms with Gasteiger partial charge in [-0.2, -0.15) is 13.2 Å². The highest BCUT2D eigenvalue weighted by atomic mass is 35.5. The minimum absolute atomic E-state index is 0.109. The van der Waals surface area contributed by atoms with Crippen LogP contribution >= 0.6 is 11.6 Å². The van der Waals surface area contributed by atoms with E-state index in [1.165, 1.54) is 0 Å². The maximum absolute atomic E-state index is 12.5. The standard InChI is InChI=1S/C15H14ClF3N4O/c16-11-7-9(15(17,18)19)8-23-13(11)21-5-6-22-14(24)10-3-1-2-4-12(10)20/h1-4,7-8H,5-6,20H2,(H,21,23)(H,22,24). The molecule has 2 rings (SSSR count). The Kier molecular flexibility index (Phi) is 5.50. The molecule has 0 spiro atoms. The maximum Gasteiger partial charge on any atom is 0.417 e. The van der Waals surface area contributed by atoms with Gasteiger partial charge in [0.2, 0.25) is 0 Å². The summed E-state index contributed by atoms with van der Waals surface area (Å²) in [5.41, 5.74) is 5.47. The number of anilines is 2. The quantitative estimate of drug-likeness (QED) is 0.566. The fraction of sp³-hybridized carbons (Fsp3) is 0.200. The number of hydrogen-bond donors (Lipinski definition) is 3. The van der Waals surface area contributed by atoms with E-state index < -0.39 is 11.7 Å². The second-order valence-corrected chi connectivity index (χ2v) is 5.23. The van der Waals surface area contributed by atoms with Gasteiger partial charge >= 0.3 is 6.18 Å². The fourth-order valence-corrected chi connectivity index (χ4v) is 2.11. The van der Waals surface area contributed by atoms with Gasteiger partial charge in [-0.15, -0.1) is 0 Å². The Hall–Kier alpha value is -2.48. The van der Waals surface area contributed by atoms with Crippen LogP contribution in [0.3, 0.4) is 0 Å². The summed E-state index contributed by atoms with van der Waals surface area (Å²) < 4.78 is 37.5. The largest absolute Gasteiger partial charge is 0.417 e. The average Bonchev–Trinajstić information content (AvgIpc) is 2.52. The molecule has 1 aromatic heterocycles. The van der Waals surface area contributed by atoms with Crippen LogP contribution in [0.5, 0.6) is 0 Å². The van der Waals surface area contributed by atoms with Gasteiger partial charge < -0.3 is 16.4 Å². The van der Waals surface area contributed by atoms with E-state index in [9.17, 15) is 18.0 Å². The lowest BCUT2D eigenvalue weighted by molar-refractivity contribution is -0.137. The van der Waals surface area contributed by atoms with Gasteiger partial charge in [0, 0.05) is 25.0 Å². The zero-order valence-corrected chi connectivity index (χ0v) is 13.1. The summed E-state index contributed by atoms with van der Waals surface area (Å²) in [7, 11) is 0. The average molecular weight is 359 g/mol. The Morgan fingerprint density at radius 2 is 1.96 bits per heavy atom. The highest BCUT2D eigenvalue weighted by Gasteiger charge is 2.31. The number of rotatable bonds is 5. The topological polar surface area (TPSA) is 80.0 Å². The van der Waals surface area contributed by atoms with Gasteiger partial charge in [-0.25, -0.2) is 4.98 Å². The van der Waals surface area contributed by atoms with Crippen molar-refractivity contribution < 1.29 is 18.0 Å². The highest BCUT2D eigenvalue weighted by Crippen LogP contribution is 2.32. The minimum atomic E-state index is -4.50. The molecule has 2 aromatic rings. The van der Waals surface area contributed by atoms with Gasteiger partial charge in [0.15, 0.2) is 0 Å². The normalized spacial score (nSPS) is 11.2. The smallest absolute Gasteiger partial charge is 0.398 e. The second-order valence-electron chi connectivity index (χ2n) is 4.82. The van der Waals surface area contributed by atoms with Crippen LogP contribution in [0.25, 0.3) is 0 Å². The summed E-state index contributed by atoms with van der Waals surface area (Å²) in [6.07, 6.45) is -3.81. The molecule has 0 radical (unpaired) electrons. The van der Waals surface area contributed by atoms with E-state index in [1.807, 2.05) is 0 Å². The van der Waals surface area contributed by atoms with Gasteiger partial charge in [0.05, 0.1) is 16.1 Å². The molecule has 128 valence electrons. The van der Waals surface area contributed by atoms with Crippen molar-refractivity contribution in [1.29, 1.82) is 0 Å². The van der Waals surface area contributed by atoms with Crippen molar-refractivity contribution in [2.75, 3.05) is 24.1 Å². The number of nitrogen functional groups attached to an aromatic ring is 1. The Morgan fingerprint density at radius 1 is 1.25 bits per heavy atom. The molecule has 1 amide bonds. The van der Waals surface area contributed by atoms with E-state index in [1.54, 1.807) is 24.3 Å². The van der Waals surface area contributed by atoms with Crippen molar-refractivity contribution in [2.24, 2.45) is 0 Å². The number of amides is 1. The van der Waals surface area contributed by atoms with Crippen molar-refractivity contribution in [3.05, 3.63) is 52.7 Å². The van der Waals surface area contributed by atoms with Gasteiger partial charge in [0.25, 0.3) is 5.91 Å².